The molecule has 0 aliphatic carbocycles. The molecule has 0 bridgehead atoms. The molecular weight excluding hydrogens is 749 g/mol. The quantitative estimate of drug-likeness (QED) is 0.152. The Morgan fingerprint density at radius 1 is 0.371 bits per heavy atom. The first kappa shape index (κ1) is 37.8. The molecule has 2 nitrogen and oxygen atoms in total. The van der Waals surface area contributed by atoms with Crippen molar-refractivity contribution in [3.05, 3.63) is 205 Å². The molecule has 0 fully saturated rings. The maximum Gasteiger partial charge on any atom is 0.0546 e. The third kappa shape index (κ3) is 6.16. The fraction of sp³-hybridized carbons (Fsp3) is 0.133. The molecule has 2 heteroatoms. The van der Waals surface area contributed by atoms with E-state index in [1.807, 2.05) is 0 Å². The standard InChI is InChI=1S/C60H50N2/c1-59(2,3)44-36-45(60(4,5)6)38-46(37-44)61(56-35-43(39-17-9-7-10-18-39)27-30-47(56)40-19-11-8-12-20-40)54-33-28-41-26-32-51-55(34-29-42-25-31-50(54)57(41)58(42)51)62-52-23-15-13-21-48(52)49-22-14-16-24-53(49)62/h7-38H,1-6H3. The van der Waals surface area contributed by atoms with Crippen molar-refractivity contribution in [3.8, 4) is 27.9 Å². The first-order valence-corrected chi connectivity index (χ1v) is 21.9. The largest absolute Gasteiger partial charge is 0.309 e. The number of fused-ring (bicyclic) bond motifs is 3. The third-order valence-corrected chi connectivity index (χ3v) is 13.0. The predicted molar refractivity (Wildman–Crippen MR) is 267 cm³/mol. The molecular formula is C60H50N2. The molecule has 0 aliphatic heterocycles. The topological polar surface area (TPSA) is 8.17 Å². The molecule has 0 radical (unpaired) electrons. The smallest absolute Gasteiger partial charge is 0.0546 e. The van der Waals surface area contributed by atoms with Gasteiger partial charge in [-0.15, -0.1) is 0 Å². The molecule has 1 heterocycles. The first-order chi connectivity index (χ1) is 30.0. The summed E-state index contributed by atoms with van der Waals surface area (Å²) in [6.45, 7) is 14.0. The summed E-state index contributed by atoms with van der Waals surface area (Å²) in [5, 5.41) is 10.1. The molecule has 300 valence electrons. The minimum Gasteiger partial charge on any atom is -0.309 e. The fourth-order valence-electron chi connectivity index (χ4n) is 9.75. The van der Waals surface area contributed by atoms with Crippen LogP contribution < -0.4 is 4.90 Å². The number of anilines is 3. The number of benzene rings is 10. The van der Waals surface area contributed by atoms with Gasteiger partial charge in [-0.2, -0.15) is 0 Å². The second kappa shape index (κ2) is 14.2. The van der Waals surface area contributed by atoms with Crippen molar-refractivity contribution < 1.29 is 0 Å². The van der Waals surface area contributed by atoms with Crippen LogP contribution in [0.15, 0.2) is 194 Å². The zero-order chi connectivity index (χ0) is 42.3. The summed E-state index contributed by atoms with van der Waals surface area (Å²) in [6, 6.07) is 72.4. The molecule has 62 heavy (non-hydrogen) atoms. The van der Waals surface area contributed by atoms with E-state index in [1.165, 1.54) is 93.2 Å². The molecule has 1 aromatic heterocycles. The summed E-state index contributed by atoms with van der Waals surface area (Å²) in [5.41, 5.74) is 14.3. The van der Waals surface area contributed by atoms with Crippen LogP contribution in [-0.2, 0) is 10.8 Å². The van der Waals surface area contributed by atoms with Gasteiger partial charge in [-0.1, -0.05) is 193 Å². The molecule has 11 aromatic rings. The first-order valence-electron chi connectivity index (χ1n) is 21.9. The van der Waals surface area contributed by atoms with Crippen LogP contribution in [0.2, 0.25) is 0 Å². The molecule has 0 unspecified atom stereocenters. The summed E-state index contributed by atoms with van der Waals surface area (Å²) in [7, 11) is 0. The highest BCUT2D eigenvalue weighted by Gasteiger charge is 2.27. The lowest BCUT2D eigenvalue weighted by atomic mass is 9.80. The predicted octanol–water partition coefficient (Wildman–Crippen LogP) is 17.1. The van der Waals surface area contributed by atoms with E-state index in [2.05, 4.69) is 245 Å². The highest BCUT2D eigenvalue weighted by Crippen LogP contribution is 2.49. The zero-order valence-electron chi connectivity index (χ0n) is 36.4. The number of aromatic nitrogens is 1. The van der Waals surface area contributed by atoms with E-state index in [-0.39, 0.29) is 10.8 Å². The Morgan fingerprint density at radius 3 is 1.50 bits per heavy atom. The van der Waals surface area contributed by atoms with Gasteiger partial charge in [-0.05, 0) is 103 Å². The van der Waals surface area contributed by atoms with Gasteiger partial charge >= 0.3 is 0 Å². The maximum absolute atomic E-state index is 2.57. The lowest BCUT2D eigenvalue weighted by molar-refractivity contribution is 0.569. The van der Waals surface area contributed by atoms with E-state index in [9.17, 15) is 0 Å². The lowest BCUT2D eigenvalue weighted by Gasteiger charge is -2.33. The van der Waals surface area contributed by atoms with Gasteiger partial charge < -0.3 is 9.47 Å². The van der Waals surface area contributed by atoms with Crippen LogP contribution in [-0.4, -0.2) is 4.57 Å². The molecule has 0 saturated carbocycles. The van der Waals surface area contributed by atoms with Crippen LogP contribution in [0.3, 0.4) is 0 Å². The van der Waals surface area contributed by atoms with Crippen molar-refractivity contribution in [1.29, 1.82) is 0 Å². The normalized spacial score (nSPS) is 12.4. The molecule has 11 rings (SSSR count). The Balaban J connectivity index is 1.25. The van der Waals surface area contributed by atoms with Crippen LogP contribution in [0.1, 0.15) is 52.7 Å². The van der Waals surface area contributed by atoms with E-state index >= 15 is 0 Å². The van der Waals surface area contributed by atoms with Crippen molar-refractivity contribution in [1.82, 2.24) is 4.57 Å². The summed E-state index contributed by atoms with van der Waals surface area (Å²) in [5.74, 6) is 0. The van der Waals surface area contributed by atoms with Crippen molar-refractivity contribution in [2.24, 2.45) is 0 Å². The molecule has 10 aromatic carbocycles. The van der Waals surface area contributed by atoms with Gasteiger partial charge in [0.25, 0.3) is 0 Å². The van der Waals surface area contributed by atoms with Crippen molar-refractivity contribution >= 4 is 71.2 Å². The molecule has 0 N–H and O–H groups in total. The van der Waals surface area contributed by atoms with E-state index < -0.39 is 0 Å². The van der Waals surface area contributed by atoms with Crippen molar-refractivity contribution in [2.75, 3.05) is 4.90 Å². The zero-order valence-corrected chi connectivity index (χ0v) is 36.4. The van der Waals surface area contributed by atoms with Crippen LogP contribution in [0.25, 0.3) is 82.1 Å². The Labute approximate surface area is 364 Å². The minimum absolute atomic E-state index is 0.0678. The van der Waals surface area contributed by atoms with Crippen LogP contribution in [0.4, 0.5) is 17.1 Å². The average molecular weight is 799 g/mol. The SMILES string of the molecule is CC(C)(C)c1cc(N(c2cc(-c3ccccc3)ccc2-c2ccccc2)c2ccc3ccc4c(-n5c6ccccc6c6ccccc65)ccc5ccc2c3c54)cc(C(C)(C)C)c1. The van der Waals surface area contributed by atoms with E-state index in [4.69, 9.17) is 0 Å². The van der Waals surface area contributed by atoms with Gasteiger partial charge in [0.2, 0.25) is 0 Å². The summed E-state index contributed by atoms with van der Waals surface area (Å²) < 4.78 is 2.47. The number of nitrogens with zero attached hydrogens (tertiary/aromatic N) is 2. The highest BCUT2D eigenvalue weighted by atomic mass is 15.1. The number of rotatable bonds is 6. The Hall–Kier alpha value is -7.16. The van der Waals surface area contributed by atoms with Gasteiger partial charge in [-0.25, -0.2) is 0 Å². The molecule has 0 aliphatic rings. The van der Waals surface area contributed by atoms with Crippen LogP contribution in [0.5, 0.6) is 0 Å². The number of para-hydroxylation sites is 2. The van der Waals surface area contributed by atoms with Gasteiger partial charge in [-0.3, -0.25) is 0 Å². The van der Waals surface area contributed by atoms with Crippen LogP contribution in [0, 0.1) is 0 Å². The number of hydrogen-bond donors (Lipinski definition) is 0. The highest BCUT2D eigenvalue weighted by molar-refractivity contribution is 6.27. The molecule has 0 saturated heterocycles. The van der Waals surface area contributed by atoms with Crippen LogP contribution >= 0.6 is 0 Å². The summed E-state index contributed by atoms with van der Waals surface area (Å²) >= 11 is 0. The summed E-state index contributed by atoms with van der Waals surface area (Å²) in [6.07, 6.45) is 0. The average Bonchev–Trinajstić information content (AvgIpc) is 3.62. The van der Waals surface area contributed by atoms with Gasteiger partial charge in [0.15, 0.2) is 0 Å². The molecule has 0 amide bonds. The van der Waals surface area contributed by atoms with Crippen molar-refractivity contribution in [2.45, 2.75) is 52.4 Å². The van der Waals surface area contributed by atoms with Gasteiger partial charge in [0.05, 0.1) is 28.1 Å². The third-order valence-electron chi connectivity index (χ3n) is 13.0. The minimum atomic E-state index is -0.0678. The Morgan fingerprint density at radius 2 is 0.887 bits per heavy atom. The van der Waals surface area contributed by atoms with Crippen molar-refractivity contribution in [3.63, 3.8) is 0 Å². The van der Waals surface area contributed by atoms with Gasteiger partial charge in [0.1, 0.15) is 0 Å². The monoisotopic (exact) mass is 798 g/mol. The Kier molecular flexibility index (Phi) is 8.67. The van der Waals surface area contributed by atoms with E-state index in [0.29, 0.717) is 0 Å². The Bertz CT molecular complexity index is 3380. The van der Waals surface area contributed by atoms with E-state index in [0.717, 1.165) is 17.1 Å². The molecule has 0 spiro atoms. The fourth-order valence-corrected chi connectivity index (χ4v) is 9.75. The van der Waals surface area contributed by atoms with Gasteiger partial charge in [0, 0.05) is 32.8 Å². The van der Waals surface area contributed by atoms with E-state index in [1.54, 1.807) is 0 Å². The second-order valence-electron chi connectivity index (χ2n) is 19.0. The lowest BCUT2D eigenvalue weighted by Crippen LogP contribution is -2.19. The molecule has 0 atom stereocenters. The maximum atomic E-state index is 2.57. The number of hydrogen-bond acceptors (Lipinski definition) is 1. The second-order valence-corrected chi connectivity index (χ2v) is 19.0. The summed E-state index contributed by atoms with van der Waals surface area (Å²) in [4.78, 5) is 2.57.